The van der Waals surface area contributed by atoms with Crippen molar-refractivity contribution >= 4 is 29.2 Å². The number of halogens is 1. The third kappa shape index (κ3) is 5.86. The number of anilines is 1. The number of carbonyl (C=O) groups excluding carboxylic acids is 1. The minimum atomic E-state index is -0.232. The molecule has 1 amide bonds. The van der Waals surface area contributed by atoms with Gasteiger partial charge in [-0.1, -0.05) is 50.6 Å². The van der Waals surface area contributed by atoms with Gasteiger partial charge in [-0.25, -0.2) is 4.99 Å². The fourth-order valence-corrected chi connectivity index (χ4v) is 3.89. The van der Waals surface area contributed by atoms with E-state index in [1.54, 1.807) is 0 Å². The predicted octanol–water partition coefficient (Wildman–Crippen LogP) is 6.18. The Kier molecular flexibility index (Phi) is 7.82. The van der Waals surface area contributed by atoms with Gasteiger partial charge in [-0.2, -0.15) is 5.10 Å². The summed E-state index contributed by atoms with van der Waals surface area (Å²) in [5.41, 5.74) is 6.48. The molecule has 7 heteroatoms. The maximum absolute atomic E-state index is 13.1. The Balaban J connectivity index is 1.89. The van der Waals surface area contributed by atoms with Gasteiger partial charge in [0, 0.05) is 34.1 Å². The van der Waals surface area contributed by atoms with E-state index in [0.717, 1.165) is 34.7 Å². The standard InChI is InChI=1S/C27H34ClN5O/c1-8-33-19(4)22(18(3)32-33)16-29-26(30-24-11-9-10-23(28)17(24)2)31-25(34)20-12-14-21(15-13-20)27(5,6)7/h9-15H,8,16H2,1-7H3,(H2,29,30,31,34). The maximum Gasteiger partial charge on any atom is 0.257 e. The summed E-state index contributed by atoms with van der Waals surface area (Å²) in [6, 6.07) is 13.3. The summed E-state index contributed by atoms with van der Waals surface area (Å²) in [5, 5.41) is 11.4. The van der Waals surface area contributed by atoms with Gasteiger partial charge in [-0.15, -0.1) is 0 Å². The van der Waals surface area contributed by atoms with E-state index in [1.165, 1.54) is 5.56 Å². The molecular formula is C27H34ClN5O. The molecule has 3 aromatic rings. The Morgan fingerprint density at radius 2 is 1.76 bits per heavy atom. The Morgan fingerprint density at radius 3 is 2.35 bits per heavy atom. The molecule has 0 bridgehead atoms. The van der Waals surface area contributed by atoms with Gasteiger partial charge in [0.05, 0.1) is 12.2 Å². The predicted molar refractivity (Wildman–Crippen MR) is 141 cm³/mol. The van der Waals surface area contributed by atoms with Crippen molar-refractivity contribution in [2.24, 2.45) is 4.99 Å². The van der Waals surface area contributed by atoms with Crippen LogP contribution in [0.15, 0.2) is 47.5 Å². The number of carbonyl (C=O) groups is 1. The molecule has 0 fully saturated rings. The number of benzene rings is 2. The first-order valence-corrected chi connectivity index (χ1v) is 11.9. The van der Waals surface area contributed by atoms with Crippen LogP contribution in [-0.4, -0.2) is 21.6 Å². The topological polar surface area (TPSA) is 71.3 Å². The van der Waals surface area contributed by atoms with Gasteiger partial charge in [0.1, 0.15) is 0 Å². The van der Waals surface area contributed by atoms with Gasteiger partial charge < -0.3 is 5.32 Å². The molecular weight excluding hydrogens is 446 g/mol. The van der Waals surface area contributed by atoms with Crippen LogP contribution in [0.2, 0.25) is 5.02 Å². The highest BCUT2D eigenvalue weighted by molar-refractivity contribution is 6.31. The Morgan fingerprint density at radius 1 is 1.09 bits per heavy atom. The number of nitrogens with zero attached hydrogens (tertiary/aromatic N) is 3. The monoisotopic (exact) mass is 479 g/mol. The summed E-state index contributed by atoms with van der Waals surface area (Å²) in [6.45, 7) is 15.6. The van der Waals surface area contributed by atoms with E-state index in [-0.39, 0.29) is 11.3 Å². The average Bonchev–Trinajstić information content (AvgIpc) is 3.07. The molecule has 2 aromatic carbocycles. The van der Waals surface area contributed by atoms with Crippen LogP contribution in [0.25, 0.3) is 0 Å². The van der Waals surface area contributed by atoms with Crippen LogP contribution in [0.4, 0.5) is 5.69 Å². The normalized spacial score (nSPS) is 12.1. The number of aryl methyl sites for hydroxylation is 2. The highest BCUT2D eigenvalue weighted by atomic mass is 35.5. The number of guanidine groups is 1. The third-order valence-electron chi connectivity index (χ3n) is 5.99. The van der Waals surface area contributed by atoms with Crippen LogP contribution >= 0.6 is 11.6 Å². The van der Waals surface area contributed by atoms with Crippen LogP contribution in [0.3, 0.4) is 0 Å². The van der Waals surface area contributed by atoms with Crippen molar-refractivity contribution in [3.05, 3.63) is 81.1 Å². The number of aliphatic imine (C=N–C) groups is 1. The maximum atomic E-state index is 13.1. The van der Waals surface area contributed by atoms with Crippen molar-refractivity contribution in [2.45, 2.75) is 67.0 Å². The van der Waals surface area contributed by atoms with Gasteiger partial charge >= 0.3 is 0 Å². The molecule has 6 nitrogen and oxygen atoms in total. The Labute approximate surface area is 207 Å². The molecule has 0 saturated carbocycles. The van der Waals surface area contributed by atoms with E-state index in [0.29, 0.717) is 23.1 Å². The smallest absolute Gasteiger partial charge is 0.257 e. The Hall–Kier alpha value is -3.12. The quantitative estimate of drug-likeness (QED) is 0.339. The van der Waals surface area contributed by atoms with Gasteiger partial charge in [0.15, 0.2) is 0 Å². The number of rotatable bonds is 5. The van der Waals surface area contributed by atoms with Gasteiger partial charge in [0.25, 0.3) is 5.91 Å². The summed E-state index contributed by atoms with van der Waals surface area (Å²) in [7, 11) is 0. The highest BCUT2D eigenvalue weighted by Crippen LogP contribution is 2.24. The van der Waals surface area contributed by atoms with E-state index < -0.39 is 0 Å². The van der Waals surface area contributed by atoms with Crippen molar-refractivity contribution in [3.8, 4) is 0 Å². The fourth-order valence-electron chi connectivity index (χ4n) is 3.71. The first kappa shape index (κ1) is 25.5. The Bertz CT molecular complexity index is 1200. The average molecular weight is 480 g/mol. The minimum Gasteiger partial charge on any atom is -0.326 e. The molecule has 0 aliphatic carbocycles. The molecule has 3 rings (SSSR count). The number of hydrogen-bond acceptors (Lipinski definition) is 3. The van der Waals surface area contributed by atoms with Gasteiger partial charge in [0.2, 0.25) is 5.96 Å². The highest BCUT2D eigenvalue weighted by Gasteiger charge is 2.16. The summed E-state index contributed by atoms with van der Waals surface area (Å²) in [5.74, 6) is 0.127. The molecule has 0 aliphatic rings. The second kappa shape index (κ2) is 10.4. The molecule has 0 spiro atoms. The second-order valence-electron chi connectivity index (χ2n) is 9.45. The largest absolute Gasteiger partial charge is 0.326 e. The van der Waals surface area contributed by atoms with Gasteiger partial charge in [-0.05, 0) is 68.5 Å². The van der Waals surface area contributed by atoms with Crippen molar-refractivity contribution in [2.75, 3.05) is 5.32 Å². The van der Waals surface area contributed by atoms with Crippen molar-refractivity contribution < 1.29 is 4.79 Å². The third-order valence-corrected chi connectivity index (χ3v) is 6.40. The van der Waals surface area contributed by atoms with Crippen LogP contribution in [0, 0.1) is 20.8 Å². The molecule has 34 heavy (non-hydrogen) atoms. The molecule has 180 valence electrons. The fraction of sp³-hybridized carbons (Fsp3) is 0.370. The summed E-state index contributed by atoms with van der Waals surface area (Å²) in [6.07, 6.45) is 0. The number of amides is 1. The molecule has 2 N–H and O–H groups in total. The molecule has 0 saturated heterocycles. The van der Waals surface area contributed by atoms with Crippen molar-refractivity contribution in [1.82, 2.24) is 15.1 Å². The lowest BCUT2D eigenvalue weighted by atomic mass is 9.87. The molecule has 0 atom stereocenters. The minimum absolute atomic E-state index is 0.0198. The van der Waals surface area contributed by atoms with E-state index in [4.69, 9.17) is 16.6 Å². The molecule has 0 radical (unpaired) electrons. The molecule has 0 aliphatic heterocycles. The van der Waals surface area contributed by atoms with Crippen LogP contribution in [0.1, 0.15) is 66.1 Å². The second-order valence-corrected chi connectivity index (χ2v) is 9.86. The van der Waals surface area contributed by atoms with Crippen LogP contribution in [0.5, 0.6) is 0 Å². The molecule has 1 aromatic heterocycles. The number of aromatic nitrogens is 2. The lowest BCUT2D eigenvalue weighted by molar-refractivity contribution is 0.0977. The van der Waals surface area contributed by atoms with E-state index in [1.807, 2.05) is 67.9 Å². The summed E-state index contributed by atoms with van der Waals surface area (Å²) >= 11 is 6.31. The first-order valence-electron chi connectivity index (χ1n) is 11.5. The summed E-state index contributed by atoms with van der Waals surface area (Å²) in [4.78, 5) is 17.8. The lowest BCUT2D eigenvalue weighted by Gasteiger charge is -2.19. The van der Waals surface area contributed by atoms with Crippen LogP contribution in [-0.2, 0) is 18.5 Å². The van der Waals surface area contributed by atoms with Crippen molar-refractivity contribution in [3.63, 3.8) is 0 Å². The van der Waals surface area contributed by atoms with Gasteiger partial charge in [-0.3, -0.25) is 14.8 Å². The van der Waals surface area contributed by atoms with Crippen LogP contribution < -0.4 is 10.6 Å². The number of nitrogens with one attached hydrogen (secondary N) is 2. The van der Waals surface area contributed by atoms with E-state index in [2.05, 4.69) is 43.4 Å². The number of hydrogen-bond donors (Lipinski definition) is 2. The lowest BCUT2D eigenvalue weighted by Crippen LogP contribution is -2.36. The van der Waals surface area contributed by atoms with Crippen molar-refractivity contribution in [1.29, 1.82) is 0 Å². The first-order chi connectivity index (χ1) is 16.0. The van der Waals surface area contributed by atoms with E-state index >= 15 is 0 Å². The zero-order valence-corrected chi connectivity index (χ0v) is 21.8. The zero-order valence-electron chi connectivity index (χ0n) is 21.1. The molecule has 1 heterocycles. The molecule has 0 unspecified atom stereocenters. The summed E-state index contributed by atoms with van der Waals surface area (Å²) < 4.78 is 1.96. The zero-order chi connectivity index (χ0) is 25.0. The van der Waals surface area contributed by atoms with E-state index in [9.17, 15) is 4.79 Å². The SMILES string of the molecule is CCn1nc(C)c(CN=C(NC(=O)c2ccc(C(C)(C)C)cc2)Nc2cccc(Cl)c2C)c1C.